The lowest BCUT2D eigenvalue weighted by Gasteiger charge is -2.10. The molecule has 2 rings (SSSR count). The zero-order chi connectivity index (χ0) is 19.3. The molecule has 0 fully saturated rings. The van der Waals surface area contributed by atoms with Gasteiger partial charge in [-0.05, 0) is 42.5 Å². The highest BCUT2D eigenvalue weighted by Gasteiger charge is 2.30. The van der Waals surface area contributed by atoms with E-state index >= 15 is 0 Å². The summed E-state index contributed by atoms with van der Waals surface area (Å²) in [6.45, 7) is -0.673. The summed E-state index contributed by atoms with van der Waals surface area (Å²) in [4.78, 5) is 23.5. The predicted molar refractivity (Wildman–Crippen MR) is 83.4 cm³/mol. The third kappa shape index (κ3) is 5.92. The number of anilines is 1. The molecule has 0 aliphatic carbocycles. The highest BCUT2D eigenvalue weighted by Crippen LogP contribution is 2.24. The van der Waals surface area contributed by atoms with E-state index in [2.05, 4.69) is 10.1 Å². The van der Waals surface area contributed by atoms with Gasteiger partial charge >= 0.3 is 12.3 Å². The average molecular weight is 392 g/mol. The monoisotopic (exact) mass is 391 g/mol. The molecule has 0 atom stereocenters. The minimum absolute atomic E-state index is 0.116. The largest absolute Gasteiger partial charge is 0.573 e. The Bertz CT molecular complexity index is 809. The normalized spacial score (nSPS) is 11.0. The molecule has 0 heterocycles. The van der Waals surface area contributed by atoms with E-state index in [1.54, 1.807) is 0 Å². The lowest BCUT2D eigenvalue weighted by Crippen LogP contribution is -2.21. The van der Waals surface area contributed by atoms with Gasteiger partial charge in [-0.1, -0.05) is 11.6 Å². The van der Waals surface area contributed by atoms with Crippen molar-refractivity contribution in [1.29, 1.82) is 0 Å². The molecule has 0 aliphatic rings. The molecule has 0 saturated carbocycles. The van der Waals surface area contributed by atoms with E-state index < -0.39 is 36.4 Å². The minimum atomic E-state index is -4.82. The van der Waals surface area contributed by atoms with E-state index in [1.165, 1.54) is 12.1 Å². The third-order valence-corrected chi connectivity index (χ3v) is 3.17. The molecule has 1 N–H and O–H groups in total. The summed E-state index contributed by atoms with van der Waals surface area (Å²) in [7, 11) is 0. The van der Waals surface area contributed by atoms with Gasteiger partial charge in [-0.25, -0.2) is 9.18 Å². The number of rotatable bonds is 5. The third-order valence-electron chi connectivity index (χ3n) is 2.86. The molecule has 2 aromatic rings. The highest BCUT2D eigenvalue weighted by atomic mass is 35.5. The van der Waals surface area contributed by atoms with Crippen LogP contribution in [0.15, 0.2) is 42.5 Å². The Labute approximate surface area is 149 Å². The van der Waals surface area contributed by atoms with Gasteiger partial charge in [-0.15, -0.1) is 13.2 Å². The first-order valence-electron chi connectivity index (χ1n) is 6.92. The summed E-state index contributed by atoms with van der Waals surface area (Å²) < 4.78 is 57.5. The molecule has 5 nitrogen and oxygen atoms in total. The number of ether oxygens (including phenoxy) is 2. The Morgan fingerprint density at radius 2 is 1.73 bits per heavy atom. The van der Waals surface area contributed by atoms with Gasteiger partial charge in [0.25, 0.3) is 5.91 Å². The maximum Gasteiger partial charge on any atom is 0.573 e. The van der Waals surface area contributed by atoms with Crippen molar-refractivity contribution in [3.63, 3.8) is 0 Å². The van der Waals surface area contributed by atoms with Crippen molar-refractivity contribution in [3.8, 4) is 5.75 Å². The summed E-state index contributed by atoms with van der Waals surface area (Å²) in [6.07, 6.45) is -4.82. The van der Waals surface area contributed by atoms with E-state index in [9.17, 15) is 27.2 Å². The number of hydrogen-bond acceptors (Lipinski definition) is 4. The molecule has 0 spiro atoms. The van der Waals surface area contributed by atoms with Crippen LogP contribution in [0.25, 0.3) is 0 Å². The van der Waals surface area contributed by atoms with Gasteiger partial charge in [-0.3, -0.25) is 4.79 Å². The molecule has 0 unspecified atom stereocenters. The van der Waals surface area contributed by atoms with Gasteiger partial charge in [-0.2, -0.15) is 0 Å². The number of amides is 1. The summed E-state index contributed by atoms with van der Waals surface area (Å²) in [6, 6.07) is 7.41. The van der Waals surface area contributed by atoms with Crippen molar-refractivity contribution in [3.05, 3.63) is 58.9 Å². The van der Waals surface area contributed by atoms with Gasteiger partial charge < -0.3 is 14.8 Å². The SMILES string of the molecule is O=C(COC(=O)c1ccc(F)cc1Cl)Nc1ccc(OC(F)(F)F)cc1. The fourth-order valence-corrected chi connectivity index (χ4v) is 2.05. The van der Waals surface area contributed by atoms with Gasteiger partial charge in [0, 0.05) is 5.69 Å². The topological polar surface area (TPSA) is 64.6 Å². The van der Waals surface area contributed by atoms with E-state index in [0.717, 1.165) is 30.3 Å². The van der Waals surface area contributed by atoms with Crippen LogP contribution in [-0.2, 0) is 9.53 Å². The standard InChI is InChI=1S/C16H10ClF4NO4/c17-13-7-9(18)1-6-12(13)15(24)25-8-14(23)22-10-2-4-11(5-3-10)26-16(19,20)21/h1-7H,8H2,(H,22,23). The average Bonchev–Trinajstić information content (AvgIpc) is 2.53. The van der Waals surface area contributed by atoms with Crippen LogP contribution < -0.4 is 10.1 Å². The first-order valence-corrected chi connectivity index (χ1v) is 7.30. The van der Waals surface area contributed by atoms with Crippen molar-refractivity contribution < 1.29 is 36.6 Å². The van der Waals surface area contributed by atoms with Crippen molar-refractivity contribution in [2.75, 3.05) is 11.9 Å². The Morgan fingerprint density at radius 3 is 2.31 bits per heavy atom. The first kappa shape index (κ1) is 19.5. The molecule has 0 aromatic heterocycles. The Kier molecular flexibility index (Phi) is 6.04. The summed E-state index contributed by atoms with van der Waals surface area (Å²) in [5, 5.41) is 2.15. The number of esters is 1. The fourth-order valence-electron chi connectivity index (χ4n) is 1.80. The Hall–Kier alpha value is -2.81. The molecule has 26 heavy (non-hydrogen) atoms. The number of carbonyl (C=O) groups is 2. The van der Waals surface area contributed by atoms with Crippen molar-refractivity contribution in [2.24, 2.45) is 0 Å². The van der Waals surface area contributed by atoms with E-state index in [0.29, 0.717) is 0 Å². The smallest absolute Gasteiger partial charge is 0.452 e. The predicted octanol–water partition coefficient (Wildman–Crippen LogP) is 4.17. The van der Waals surface area contributed by atoms with Crippen LogP contribution in [0.5, 0.6) is 5.75 Å². The zero-order valence-corrected chi connectivity index (χ0v) is 13.5. The van der Waals surface area contributed by atoms with E-state index in [1.807, 2.05) is 0 Å². The van der Waals surface area contributed by atoms with Crippen molar-refractivity contribution in [1.82, 2.24) is 0 Å². The first-order chi connectivity index (χ1) is 12.1. The van der Waals surface area contributed by atoms with Gasteiger partial charge in [0.1, 0.15) is 11.6 Å². The number of nitrogens with one attached hydrogen (secondary N) is 1. The molecular weight excluding hydrogens is 382 g/mol. The lowest BCUT2D eigenvalue weighted by atomic mass is 10.2. The summed E-state index contributed by atoms with van der Waals surface area (Å²) in [5.74, 6) is -2.75. The van der Waals surface area contributed by atoms with Crippen LogP contribution in [0.2, 0.25) is 5.02 Å². The maximum atomic E-state index is 12.9. The molecule has 0 saturated heterocycles. The number of benzene rings is 2. The number of carbonyl (C=O) groups excluding carboxylic acids is 2. The van der Waals surface area contributed by atoms with Crippen LogP contribution in [0.4, 0.5) is 23.2 Å². The zero-order valence-electron chi connectivity index (χ0n) is 12.8. The molecule has 0 aliphatic heterocycles. The molecule has 10 heteroatoms. The highest BCUT2D eigenvalue weighted by molar-refractivity contribution is 6.33. The second kappa shape index (κ2) is 8.05. The van der Waals surface area contributed by atoms with E-state index in [-0.39, 0.29) is 16.3 Å². The van der Waals surface area contributed by atoms with Crippen LogP contribution >= 0.6 is 11.6 Å². The number of halogens is 5. The Balaban J connectivity index is 1.87. The minimum Gasteiger partial charge on any atom is -0.452 e. The van der Waals surface area contributed by atoms with E-state index in [4.69, 9.17) is 16.3 Å². The van der Waals surface area contributed by atoms with Gasteiger partial charge in [0.05, 0.1) is 10.6 Å². The Morgan fingerprint density at radius 1 is 1.08 bits per heavy atom. The van der Waals surface area contributed by atoms with Crippen LogP contribution in [0, 0.1) is 5.82 Å². The molecule has 0 bridgehead atoms. The molecule has 1 amide bonds. The second-order valence-corrected chi connectivity index (χ2v) is 5.23. The molecular formula is C16H10ClF4NO4. The number of alkyl halides is 3. The molecule has 0 radical (unpaired) electrons. The summed E-state index contributed by atoms with van der Waals surface area (Å²) >= 11 is 5.70. The number of hydrogen-bond donors (Lipinski definition) is 1. The summed E-state index contributed by atoms with van der Waals surface area (Å²) in [5.41, 5.74) is 0.0508. The lowest BCUT2D eigenvalue weighted by molar-refractivity contribution is -0.274. The molecule has 138 valence electrons. The van der Waals surface area contributed by atoms with Crippen LogP contribution in [0.1, 0.15) is 10.4 Å². The maximum absolute atomic E-state index is 12.9. The van der Waals surface area contributed by atoms with Gasteiger partial charge in [0.15, 0.2) is 6.61 Å². The quantitative estimate of drug-likeness (QED) is 0.613. The second-order valence-electron chi connectivity index (χ2n) is 4.82. The van der Waals surface area contributed by atoms with Crippen LogP contribution in [0.3, 0.4) is 0 Å². The fraction of sp³-hybridized carbons (Fsp3) is 0.125. The van der Waals surface area contributed by atoms with Gasteiger partial charge in [0.2, 0.25) is 0 Å². The van der Waals surface area contributed by atoms with Crippen molar-refractivity contribution >= 4 is 29.2 Å². The molecule has 2 aromatic carbocycles. The van der Waals surface area contributed by atoms with Crippen LogP contribution in [-0.4, -0.2) is 24.8 Å². The van der Waals surface area contributed by atoms with Crippen molar-refractivity contribution in [2.45, 2.75) is 6.36 Å².